The van der Waals surface area contributed by atoms with Crippen molar-refractivity contribution in [3.63, 3.8) is 0 Å². The number of benzene rings is 1. The van der Waals surface area contributed by atoms with Crippen molar-refractivity contribution >= 4 is 33.2 Å². The minimum Gasteiger partial charge on any atom is -0.383 e. The lowest BCUT2D eigenvalue weighted by Gasteiger charge is -2.08. The van der Waals surface area contributed by atoms with Gasteiger partial charge in [-0.25, -0.2) is 4.98 Å². The molecule has 1 aromatic heterocycles. The van der Waals surface area contributed by atoms with E-state index in [9.17, 15) is 0 Å². The zero-order valence-corrected chi connectivity index (χ0v) is 11.8. The lowest BCUT2D eigenvalue weighted by Crippen LogP contribution is -2.08. The summed E-state index contributed by atoms with van der Waals surface area (Å²) in [5.74, 6) is 1.06. The number of halogens is 2. The molecule has 0 bridgehead atoms. The maximum Gasteiger partial charge on any atom is 0.110 e. The summed E-state index contributed by atoms with van der Waals surface area (Å²) < 4.78 is 3.03. The predicted octanol–water partition coefficient (Wildman–Crippen LogP) is 3.49. The molecule has 17 heavy (non-hydrogen) atoms. The van der Waals surface area contributed by atoms with Crippen LogP contribution in [0.4, 0.5) is 5.69 Å². The van der Waals surface area contributed by atoms with Crippen molar-refractivity contribution in [1.82, 2.24) is 9.55 Å². The summed E-state index contributed by atoms with van der Waals surface area (Å²) in [6.45, 7) is 0.807. The van der Waals surface area contributed by atoms with Crippen molar-refractivity contribution in [1.29, 1.82) is 0 Å². The van der Waals surface area contributed by atoms with E-state index in [4.69, 9.17) is 11.6 Å². The second-order valence-corrected chi connectivity index (χ2v) is 5.08. The molecule has 5 heteroatoms. The Morgan fingerprint density at radius 2 is 2.29 bits per heavy atom. The predicted molar refractivity (Wildman–Crippen MR) is 74.6 cm³/mol. The van der Waals surface area contributed by atoms with E-state index in [0.29, 0.717) is 0 Å². The van der Waals surface area contributed by atoms with Crippen molar-refractivity contribution < 1.29 is 0 Å². The number of nitrogens with zero attached hydrogens (tertiary/aromatic N) is 2. The average molecular weight is 315 g/mol. The molecule has 0 unspecified atom stereocenters. The molecule has 0 radical (unpaired) electrons. The van der Waals surface area contributed by atoms with E-state index in [0.717, 1.165) is 34.0 Å². The molecule has 0 aliphatic carbocycles. The van der Waals surface area contributed by atoms with Crippen molar-refractivity contribution in [3.05, 3.63) is 45.9 Å². The molecule has 0 saturated heterocycles. The summed E-state index contributed by atoms with van der Waals surface area (Å²) in [6.07, 6.45) is 4.62. The highest BCUT2D eigenvalue weighted by Gasteiger charge is 2.02. The molecule has 0 spiro atoms. The van der Waals surface area contributed by atoms with Gasteiger partial charge in [0.15, 0.2) is 0 Å². The molecule has 0 amide bonds. The van der Waals surface area contributed by atoms with Gasteiger partial charge in [0.1, 0.15) is 5.82 Å². The Kier molecular flexibility index (Phi) is 4.07. The van der Waals surface area contributed by atoms with Gasteiger partial charge in [-0.05, 0) is 18.2 Å². The topological polar surface area (TPSA) is 29.9 Å². The molecule has 0 aliphatic heterocycles. The largest absolute Gasteiger partial charge is 0.383 e. The van der Waals surface area contributed by atoms with Crippen LogP contribution in [-0.2, 0) is 13.5 Å². The molecule has 1 heterocycles. The monoisotopic (exact) mass is 313 g/mol. The van der Waals surface area contributed by atoms with Gasteiger partial charge in [0.05, 0.1) is 10.7 Å². The summed E-state index contributed by atoms with van der Waals surface area (Å²) in [6, 6.07) is 5.77. The van der Waals surface area contributed by atoms with Gasteiger partial charge in [-0.3, -0.25) is 0 Å². The molecule has 0 aliphatic rings. The van der Waals surface area contributed by atoms with Crippen LogP contribution in [0.15, 0.2) is 35.1 Å². The second-order valence-electron chi connectivity index (χ2n) is 3.76. The lowest BCUT2D eigenvalue weighted by atomic mass is 10.3. The third-order valence-electron chi connectivity index (χ3n) is 2.51. The summed E-state index contributed by atoms with van der Waals surface area (Å²) in [4.78, 5) is 4.27. The van der Waals surface area contributed by atoms with Crippen LogP contribution >= 0.6 is 27.5 Å². The quantitative estimate of drug-likeness (QED) is 0.936. The molecule has 0 atom stereocenters. The van der Waals surface area contributed by atoms with E-state index >= 15 is 0 Å². The molecule has 1 aromatic carbocycles. The smallest absolute Gasteiger partial charge is 0.110 e. The minimum atomic E-state index is 0.730. The number of nitrogens with one attached hydrogen (secondary N) is 1. The van der Waals surface area contributed by atoms with Crippen molar-refractivity contribution in [3.8, 4) is 0 Å². The molecule has 0 saturated carbocycles. The fourth-order valence-corrected chi connectivity index (χ4v) is 2.12. The molecule has 0 fully saturated rings. The Bertz CT molecular complexity index is 510. The van der Waals surface area contributed by atoms with E-state index in [-0.39, 0.29) is 0 Å². The first kappa shape index (κ1) is 12.5. The summed E-state index contributed by atoms with van der Waals surface area (Å²) in [5, 5.41) is 4.03. The molecule has 2 rings (SSSR count). The molecule has 2 aromatic rings. The van der Waals surface area contributed by atoms with E-state index in [1.165, 1.54) is 0 Å². The zero-order chi connectivity index (χ0) is 12.3. The first-order valence-corrected chi connectivity index (χ1v) is 6.49. The first-order chi connectivity index (χ1) is 8.16. The Morgan fingerprint density at radius 3 is 3.00 bits per heavy atom. The van der Waals surface area contributed by atoms with E-state index in [2.05, 4.69) is 26.2 Å². The van der Waals surface area contributed by atoms with Crippen molar-refractivity contribution in [2.24, 2.45) is 7.05 Å². The summed E-state index contributed by atoms with van der Waals surface area (Å²) >= 11 is 9.51. The van der Waals surface area contributed by atoms with Crippen LogP contribution in [0.25, 0.3) is 0 Å². The number of aryl methyl sites for hydroxylation is 1. The van der Waals surface area contributed by atoms with Gasteiger partial charge in [-0.2, -0.15) is 0 Å². The molecule has 90 valence electrons. The minimum absolute atomic E-state index is 0.730. The number of hydrogen-bond acceptors (Lipinski definition) is 2. The number of anilines is 1. The summed E-state index contributed by atoms with van der Waals surface area (Å²) in [7, 11) is 1.99. The Morgan fingerprint density at radius 1 is 1.47 bits per heavy atom. The highest BCUT2D eigenvalue weighted by Crippen LogP contribution is 2.25. The molecular weight excluding hydrogens is 302 g/mol. The van der Waals surface area contributed by atoms with Crippen molar-refractivity contribution in [2.75, 3.05) is 11.9 Å². The van der Waals surface area contributed by atoms with Crippen molar-refractivity contribution in [2.45, 2.75) is 6.42 Å². The van der Waals surface area contributed by atoms with Crippen LogP contribution in [0.2, 0.25) is 5.02 Å². The maximum atomic E-state index is 6.08. The van der Waals surface area contributed by atoms with Crippen LogP contribution in [0.5, 0.6) is 0 Å². The standard InChI is InChI=1S/C12H13BrClN3/c1-17-7-6-16-12(17)4-5-15-11-8-9(13)2-3-10(11)14/h2-3,6-8,15H,4-5H2,1H3. The fourth-order valence-electron chi connectivity index (χ4n) is 1.58. The van der Waals surface area contributed by atoms with Gasteiger partial charge in [0.2, 0.25) is 0 Å². The average Bonchev–Trinajstić information content (AvgIpc) is 2.70. The molecule has 1 N–H and O–H groups in total. The number of rotatable bonds is 4. The van der Waals surface area contributed by atoms with Gasteiger partial charge >= 0.3 is 0 Å². The highest BCUT2D eigenvalue weighted by atomic mass is 79.9. The number of aromatic nitrogens is 2. The zero-order valence-electron chi connectivity index (χ0n) is 9.45. The van der Waals surface area contributed by atoms with E-state index < -0.39 is 0 Å². The number of imidazole rings is 1. The van der Waals surface area contributed by atoms with Crippen LogP contribution < -0.4 is 5.32 Å². The van der Waals surface area contributed by atoms with Crippen LogP contribution in [0.1, 0.15) is 5.82 Å². The van der Waals surface area contributed by atoms with Crippen LogP contribution in [0, 0.1) is 0 Å². The maximum absolute atomic E-state index is 6.08. The van der Waals surface area contributed by atoms with Gasteiger partial charge in [0.25, 0.3) is 0 Å². The third kappa shape index (κ3) is 3.23. The lowest BCUT2D eigenvalue weighted by molar-refractivity contribution is 0.789. The van der Waals surface area contributed by atoms with Crippen LogP contribution in [0.3, 0.4) is 0 Å². The van der Waals surface area contributed by atoms with Gasteiger partial charge < -0.3 is 9.88 Å². The third-order valence-corrected chi connectivity index (χ3v) is 3.34. The van der Waals surface area contributed by atoms with Gasteiger partial charge in [0, 0.05) is 36.9 Å². The summed E-state index contributed by atoms with van der Waals surface area (Å²) in [5.41, 5.74) is 0.940. The second kappa shape index (κ2) is 5.56. The highest BCUT2D eigenvalue weighted by molar-refractivity contribution is 9.10. The Hall–Kier alpha value is -1.000. The molecule has 3 nitrogen and oxygen atoms in total. The fraction of sp³-hybridized carbons (Fsp3) is 0.250. The first-order valence-electron chi connectivity index (χ1n) is 5.32. The van der Waals surface area contributed by atoms with Gasteiger partial charge in [-0.1, -0.05) is 27.5 Å². The van der Waals surface area contributed by atoms with E-state index in [1.807, 2.05) is 36.0 Å². The normalized spacial score (nSPS) is 10.5. The van der Waals surface area contributed by atoms with Crippen LogP contribution in [-0.4, -0.2) is 16.1 Å². The Labute approximate surface area is 114 Å². The van der Waals surface area contributed by atoms with Gasteiger partial charge in [-0.15, -0.1) is 0 Å². The SMILES string of the molecule is Cn1ccnc1CCNc1cc(Br)ccc1Cl. The van der Waals surface area contributed by atoms with E-state index in [1.54, 1.807) is 6.20 Å². The molecular formula is C12H13BrClN3. The Balaban J connectivity index is 1.94. The number of hydrogen-bond donors (Lipinski definition) is 1.